The van der Waals surface area contributed by atoms with Crippen molar-refractivity contribution in [2.75, 3.05) is 0 Å². The summed E-state index contributed by atoms with van der Waals surface area (Å²) in [4.78, 5) is 18.2. The van der Waals surface area contributed by atoms with Crippen molar-refractivity contribution < 1.29 is 4.42 Å². The van der Waals surface area contributed by atoms with E-state index in [1.54, 1.807) is 10.8 Å². The van der Waals surface area contributed by atoms with Crippen LogP contribution in [-0.2, 0) is 12.3 Å². The Morgan fingerprint density at radius 2 is 1.84 bits per heavy atom. The molecular formula is C23H19N7OS. The van der Waals surface area contributed by atoms with Crippen molar-refractivity contribution in [1.29, 1.82) is 0 Å². The normalized spacial score (nSPS) is 11.8. The summed E-state index contributed by atoms with van der Waals surface area (Å²) >= 11 is 1.49. The lowest BCUT2D eigenvalue weighted by atomic mass is 10.2. The first-order chi connectivity index (χ1) is 15.7. The molecule has 0 radical (unpaired) electrons. The minimum atomic E-state index is 0.561. The van der Waals surface area contributed by atoms with Gasteiger partial charge in [0.1, 0.15) is 17.5 Å². The SMILES string of the molecule is Cc1c(C)n(Cc2ccncc2)c2ncn3nc(CSc4nc5ccccc5o4)nc3c12. The van der Waals surface area contributed by atoms with Gasteiger partial charge < -0.3 is 8.98 Å². The lowest BCUT2D eigenvalue weighted by molar-refractivity contribution is 0.489. The standard InChI is InChI=1S/C23H19N7OS/c1-14-15(2)29(11-16-7-9-24-10-8-16)21-20(14)22-27-19(28-30(22)13-25-21)12-32-23-26-17-5-3-4-6-18(17)31-23/h3-10,13H,11-12H2,1-2H3. The molecule has 158 valence electrons. The first-order valence-electron chi connectivity index (χ1n) is 10.2. The number of aryl methyl sites for hydroxylation is 1. The summed E-state index contributed by atoms with van der Waals surface area (Å²) in [6.45, 7) is 4.97. The van der Waals surface area contributed by atoms with Gasteiger partial charge in [-0.05, 0) is 49.2 Å². The number of hydrogen-bond donors (Lipinski definition) is 0. The third kappa shape index (κ3) is 3.13. The molecule has 0 spiro atoms. The Bertz CT molecular complexity index is 1550. The van der Waals surface area contributed by atoms with Crippen molar-refractivity contribution in [3.05, 3.63) is 77.8 Å². The van der Waals surface area contributed by atoms with E-state index >= 15 is 0 Å². The monoisotopic (exact) mass is 441 g/mol. The van der Waals surface area contributed by atoms with Crippen LogP contribution in [0.5, 0.6) is 0 Å². The molecule has 0 saturated heterocycles. The predicted molar refractivity (Wildman–Crippen MR) is 123 cm³/mol. The third-order valence-electron chi connectivity index (χ3n) is 5.68. The first-order valence-corrected chi connectivity index (χ1v) is 11.2. The molecule has 5 aromatic heterocycles. The van der Waals surface area contributed by atoms with Crippen molar-refractivity contribution in [2.24, 2.45) is 0 Å². The summed E-state index contributed by atoms with van der Waals surface area (Å²) in [5.74, 6) is 1.27. The van der Waals surface area contributed by atoms with E-state index in [0.29, 0.717) is 16.8 Å². The molecule has 0 fully saturated rings. The van der Waals surface area contributed by atoms with E-state index in [1.807, 2.05) is 48.8 Å². The Balaban J connectivity index is 1.35. The highest BCUT2D eigenvalue weighted by atomic mass is 32.2. The molecule has 0 N–H and O–H groups in total. The van der Waals surface area contributed by atoms with Gasteiger partial charge in [0.2, 0.25) is 0 Å². The van der Waals surface area contributed by atoms with Crippen LogP contribution in [0, 0.1) is 13.8 Å². The van der Waals surface area contributed by atoms with Crippen LogP contribution in [0.3, 0.4) is 0 Å². The average Bonchev–Trinajstić information content (AvgIpc) is 3.49. The Labute approximate surface area is 187 Å². The summed E-state index contributed by atoms with van der Waals surface area (Å²) in [6, 6.07) is 11.8. The van der Waals surface area contributed by atoms with Crippen molar-refractivity contribution in [3.63, 3.8) is 0 Å². The average molecular weight is 442 g/mol. The molecule has 0 atom stereocenters. The fourth-order valence-corrected chi connectivity index (χ4v) is 4.63. The summed E-state index contributed by atoms with van der Waals surface area (Å²) in [6.07, 6.45) is 5.36. The predicted octanol–water partition coefficient (Wildman–Crippen LogP) is 4.57. The molecule has 9 heteroatoms. The highest BCUT2D eigenvalue weighted by molar-refractivity contribution is 7.98. The van der Waals surface area contributed by atoms with Crippen molar-refractivity contribution in [2.45, 2.75) is 31.4 Å². The number of pyridine rings is 1. The number of fused-ring (bicyclic) bond motifs is 4. The summed E-state index contributed by atoms with van der Waals surface area (Å²) in [5.41, 5.74) is 6.88. The van der Waals surface area contributed by atoms with Gasteiger partial charge in [-0.1, -0.05) is 23.9 Å². The molecular weight excluding hydrogens is 422 g/mol. The number of oxazole rings is 1. The van der Waals surface area contributed by atoms with Gasteiger partial charge in [0.05, 0.1) is 11.1 Å². The quantitative estimate of drug-likeness (QED) is 0.362. The van der Waals surface area contributed by atoms with E-state index in [-0.39, 0.29) is 0 Å². The van der Waals surface area contributed by atoms with Crippen LogP contribution >= 0.6 is 11.8 Å². The smallest absolute Gasteiger partial charge is 0.257 e. The molecule has 6 rings (SSSR count). The number of benzene rings is 1. The van der Waals surface area contributed by atoms with Crippen molar-refractivity contribution >= 4 is 39.5 Å². The van der Waals surface area contributed by atoms with Gasteiger partial charge in [-0.15, -0.1) is 5.10 Å². The van der Waals surface area contributed by atoms with Crippen LogP contribution < -0.4 is 0 Å². The molecule has 5 heterocycles. The molecule has 32 heavy (non-hydrogen) atoms. The molecule has 0 saturated carbocycles. The Hall–Kier alpha value is -3.72. The van der Waals surface area contributed by atoms with E-state index in [0.717, 1.165) is 39.9 Å². The summed E-state index contributed by atoms with van der Waals surface area (Å²) < 4.78 is 9.78. The van der Waals surface area contributed by atoms with Crippen LogP contribution in [0.1, 0.15) is 22.6 Å². The fraction of sp³-hybridized carbons (Fsp3) is 0.174. The molecule has 0 aliphatic rings. The number of nitrogens with zero attached hydrogens (tertiary/aromatic N) is 7. The topological polar surface area (TPSA) is 86.9 Å². The van der Waals surface area contributed by atoms with Gasteiger partial charge in [-0.2, -0.15) is 0 Å². The van der Waals surface area contributed by atoms with Crippen LogP contribution in [-0.4, -0.2) is 34.1 Å². The minimum absolute atomic E-state index is 0.561. The Morgan fingerprint density at radius 3 is 2.69 bits per heavy atom. The Kier molecular flexibility index (Phi) is 4.43. The Morgan fingerprint density at radius 1 is 1.00 bits per heavy atom. The zero-order valence-corrected chi connectivity index (χ0v) is 18.4. The van der Waals surface area contributed by atoms with Gasteiger partial charge in [-0.25, -0.2) is 19.5 Å². The van der Waals surface area contributed by atoms with Crippen molar-refractivity contribution in [3.8, 4) is 0 Å². The van der Waals surface area contributed by atoms with Gasteiger partial charge >= 0.3 is 0 Å². The van der Waals surface area contributed by atoms with Crippen molar-refractivity contribution in [1.82, 2.24) is 34.1 Å². The van der Waals surface area contributed by atoms with Crippen LogP contribution in [0.15, 0.2) is 64.8 Å². The molecule has 1 aromatic carbocycles. The number of rotatable bonds is 5. The lowest BCUT2D eigenvalue weighted by Gasteiger charge is -2.07. The van der Waals surface area contributed by atoms with Crippen LogP contribution in [0.4, 0.5) is 0 Å². The summed E-state index contributed by atoms with van der Waals surface area (Å²) in [7, 11) is 0. The highest BCUT2D eigenvalue weighted by Crippen LogP contribution is 2.29. The van der Waals surface area contributed by atoms with E-state index in [1.165, 1.54) is 23.0 Å². The molecule has 0 unspecified atom stereocenters. The second-order valence-electron chi connectivity index (χ2n) is 7.63. The second kappa shape index (κ2) is 7.45. The summed E-state index contributed by atoms with van der Waals surface area (Å²) in [5, 5.41) is 6.28. The zero-order chi connectivity index (χ0) is 21.7. The third-order valence-corrected chi connectivity index (χ3v) is 6.50. The maximum atomic E-state index is 5.80. The fourth-order valence-electron chi connectivity index (χ4n) is 3.94. The second-order valence-corrected chi connectivity index (χ2v) is 8.55. The van der Waals surface area contributed by atoms with Gasteiger partial charge in [0.25, 0.3) is 5.22 Å². The maximum Gasteiger partial charge on any atom is 0.257 e. The van der Waals surface area contributed by atoms with Gasteiger partial charge in [-0.3, -0.25) is 4.98 Å². The highest BCUT2D eigenvalue weighted by Gasteiger charge is 2.18. The lowest BCUT2D eigenvalue weighted by Crippen LogP contribution is -2.03. The first kappa shape index (κ1) is 19.0. The molecule has 0 aliphatic carbocycles. The number of hydrogen-bond acceptors (Lipinski definition) is 7. The van der Waals surface area contributed by atoms with Crippen LogP contribution in [0.2, 0.25) is 0 Å². The number of aromatic nitrogens is 7. The van der Waals surface area contributed by atoms with E-state index in [2.05, 4.69) is 33.5 Å². The molecule has 0 amide bonds. The molecule has 0 aliphatic heterocycles. The van der Waals surface area contributed by atoms with E-state index in [9.17, 15) is 0 Å². The molecule has 8 nitrogen and oxygen atoms in total. The maximum absolute atomic E-state index is 5.80. The number of para-hydroxylation sites is 2. The zero-order valence-electron chi connectivity index (χ0n) is 17.6. The van der Waals surface area contributed by atoms with E-state index in [4.69, 9.17) is 14.4 Å². The van der Waals surface area contributed by atoms with Crippen LogP contribution in [0.25, 0.3) is 27.8 Å². The van der Waals surface area contributed by atoms with Gasteiger partial charge in [0, 0.05) is 24.6 Å². The minimum Gasteiger partial charge on any atom is -0.431 e. The van der Waals surface area contributed by atoms with E-state index < -0.39 is 0 Å². The molecule has 0 bridgehead atoms. The largest absolute Gasteiger partial charge is 0.431 e. The van der Waals surface area contributed by atoms with Gasteiger partial charge in [0.15, 0.2) is 17.1 Å². The number of thioether (sulfide) groups is 1. The molecule has 6 aromatic rings.